The Kier molecular flexibility index (Phi) is 4.98. The third kappa shape index (κ3) is 4.63. The Morgan fingerprint density at radius 2 is 2.05 bits per heavy atom. The molecule has 0 unspecified atom stereocenters. The first-order valence-electron chi connectivity index (χ1n) is 7.12. The van der Waals surface area contributed by atoms with Crippen LogP contribution in [0.2, 0.25) is 0 Å². The Hall–Kier alpha value is -2.30. The van der Waals surface area contributed by atoms with Crippen molar-refractivity contribution in [1.82, 2.24) is 9.97 Å². The van der Waals surface area contributed by atoms with Crippen molar-refractivity contribution in [3.8, 4) is 5.75 Å². The smallest absolute Gasteiger partial charge is 0.133 e. The van der Waals surface area contributed by atoms with E-state index < -0.39 is 0 Å². The van der Waals surface area contributed by atoms with E-state index in [0.717, 1.165) is 23.1 Å². The number of hydrogen-bond donors (Lipinski definition) is 2. The standard InChI is InChI=1S/C16H22N4O/c1-11(2)16-19-12(3)9-15(20-16)18-7-8-21-14-6-4-5-13(17)10-14/h4-6,9-11H,7-8,17H2,1-3H3,(H,18,19,20). The number of ether oxygens (including phenoxy) is 1. The van der Waals surface area contributed by atoms with Crippen LogP contribution < -0.4 is 15.8 Å². The maximum Gasteiger partial charge on any atom is 0.133 e. The first-order chi connectivity index (χ1) is 10.0. The molecule has 0 aliphatic rings. The van der Waals surface area contributed by atoms with Crippen molar-refractivity contribution in [2.45, 2.75) is 26.7 Å². The molecular formula is C16H22N4O. The van der Waals surface area contributed by atoms with E-state index in [9.17, 15) is 0 Å². The number of rotatable bonds is 6. The summed E-state index contributed by atoms with van der Waals surface area (Å²) in [5.74, 6) is 2.78. The van der Waals surface area contributed by atoms with Crippen LogP contribution in [0.1, 0.15) is 31.3 Å². The van der Waals surface area contributed by atoms with Gasteiger partial charge in [0.25, 0.3) is 0 Å². The van der Waals surface area contributed by atoms with Crippen LogP contribution in [-0.4, -0.2) is 23.1 Å². The molecule has 2 rings (SSSR count). The second-order valence-electron chi connectivity index (χ2n) is 5.26. The number of nitrogen functional groups attached to an aromatic ring is 1. The minimum atomic E-state index is 0.314. The third-order valence-electron chi connectivity index (χ3n) is 2.92. The summed E-state index contributed by atoms with van der Waals surface area (Å²) in [7, 11) is 0. The molecule has 0 fully saturated rings. The van der Waals surface area contributed by atoms with Crippen molar-refractivity contribution in [1.29, 1.82) is 0 Å². The number of hydrogen-bond acceptors (Lipinski definition) is 5. The maximum absolute atomic E-state index is 5.70. The van der Waals surface area contributed by atoms with Crippen molar-refractivity contribution in [3.05, 3.63) is 41.9 Å². The molecule has 1 aromatic carbocycles. The molecule has 3 N–H and O–H groups in total. The Morgan fingerprint density at radius 1 is 1.24 bits per heavy atom. The molecule has 0 amide bonds. The lowest BCUT2D eigenvalue weighted by Crippen LogP contribution is -2.13. The fraction of sp³-hybridized carbons (Fsp3) is 0.375. The number of nitrogens with two attached hydrogens (primary N) is 1. The lowest BCUT2D eigenvalue weighted by atomic mass is 10.2. The average Bonchev–Trinajstić information content (AvgIpc) is 2.43. The monoisotopic (exact) mass is 286 g/mol. The molecule has 2 aromatic rings. The minimum absolute atomic E-state index is 0.314. The molecule has 0 aliphatic carbocycles. The van der Waals surface area contributed by atoms with Crippen molar-refractivity contribution in [2.24, 2.45) is 0 Å². The maximum atomic E-state index is 5.70. The first kappa shape index (κ1) is 15.1. The molecule has 112 valence electrons. The highest BCUT2D eigenvalue weighted by Gasteiger charge is 2.05. The quantitative estimate of drug-likeness (QED) is 0.631. The predicted octanol–water partition coefficient (Wildman–Crippen LogP) is 2.98. The van der Waals surface area contributed by atoms with Gasteiger partial charge in [0.05, 0.1) is 6.54 Å². The highest BCUT2D eigenvalue weighted by molar-refractivity contribution is 5.43. The molecule has 0 saturated heterocycles. The lowest BCUT2D eigenvalue weighted by Gasteiger charge is -2.11. The summed E-state index contributed by atoms with van der Waals surface area (Å²) in [4.78, 5) is 8.92. The Morgan fingerprint density at radius 3 is 2.76 bits per heavy atom. The van der Waals surface area contributed by atoms with Crippen LogP contribution in [0.3, 0.4) is 0 Å². The summed E-state index contributed by atoms with van der Waals surface area (Å²) in [5, 5.41) is 3.26. The molecule has 1 heterocycles. The zero-order chi connectivity index (χ0) is 15.2. The van der Waals surface area contributed by atoms with E-state index in [1.165, 1.54) is 0 Å². The van der Waals surface area contributed by atoms with Crippen molar-refractivity contribution >= 4 is 11.5 Å². The zero-order valence-electron chi connectivity index (χ0n) is 12.8. The second-order valence-corrected chi connectivity index (χ2v) is 5.26. The zero-order valence-corrected chi connectivity index (χ0v) is 12.8. The first-order valence-corrected chi connectivity index (χ1v) is 7.12. The van der Waals surface area contributed by atoms with Gasteiger partial charge in [-0.25, -0.2) is 9.97 Å². The van der Waals surface area contributed by atoms with E-state index in [1.54, 1.807) is 0 Å². The summed E-state index contributed by atoms with van der Waals surface area (Å²) < 4.78 is 5.63. The van der Waals surface area contributed by atoms with Gasteiger partial charge >= 0.3 is 0 Å². The van der Waals surface area contributed by atoms with Gasteiger partial charge in [0.1, 0.15) is 24.0 Å². The number of aryl methyl sites for hydroxylation is 1. The molecule has 0 bridgehead atoms. The lowest BCUT2D eigenvalue weighted by molar-refractivity contribution is 0.333. The van der Waals surface area contributed by atoms with Crippen LogP contribution in [0.5, 0.6) is 5.75 Å². The van der Waals surface area contributed by atoms with Gasteiger partial charge in [-0.3, -0.25) is 0 Å². The van der Waals surface area contributed by atoms with Gasteiger partial charge in [-0.05, 0) is 19.1 Å². The average molecular weight is 286 g/mol. The Labute approximate surface area is 125 Å². The van der Waals surface area contributed by atoms with E-state index in [1.807, 2.05) is 37.3 Å². The van der Waals surface area contributed by atoms with Crippen LogP contribution >= 0.6 is 0 Å². The topological polar surface area (TPSA) is 73.1 Å². The van der Waals surface area contributed by atoms with Crippen molar-refractivity contribution < 1.29 is 4.74 Å². The largest absolute Gasteiger partial charge is 0.492 e. The third-order valence-corrected chi connectivity index (χ3v) is 2.92. The van der Waals surface area contributed by atoms with Gasteiger partial charge in [-0.1, -0.05) is 19.9 Å². The van der Waals surface area contributed by atoms with Gasteiger partial charge in [0.15, 0.2) is 0 Å². The van der Waals surface area contributed by atoms with E-state index in [2.05, 4.69) is 29.1 Å². The van der Waals surface area contributed by atoms with Crippen LogP contribution in [0.25, 0.3) is 0 Å². The predicted molar refractivity (Wildman–Crippen MR) is 85.7 cm³/mol. The number of aromatic nitrogens is 2. The SMILES string of the molecule is Cc1cc(NCCOc2cccc(N)c2)nc(C(C)C)n1. The van der Waals surface area contributed by atoms with Gasteiger partial charge in [-0.2, -0.15) is 0 Å². The van der Waals surface area contributed by atoms with Gasteiger partial charge < -0.3 is 15.8 Å². The molecule has 21 heavy (non-hydrogen) atoms. The van der Waals surface area contributed by atoms with E-state index in [0.29, 0.717) is 24.8 Å². The molecule has 1 aromatic heterocycles. The Balaban J connectivity index is 1.86. The van der Waals surface area contributed by atoms with E-state index >= 15 is 0 Å². The number of nitrogens with one attached hydrogen (secondary N) is 1. The van der Waals surface area contributed by atoms with Crippen molar-refractivity contribution in [3.63, 3.8) is 0 Å². The number of benzene rings is 1. The summed E-state index contributed by atoms with van der Waals surface area (Å²) in [5.41, 5.74) is 7.37. The number of anilines is 2. The summed E-state index contributed by atoms with van der Waals surface area (Å²) in [6.45, 7) is 7.36. The molecule has 0 aliphatic heterocycles. The molecule has 0 radical (unpaired) electrons. The van der Waals surface area contributed by atoms with Gasteiger partial charge in [-0.15, -0.1) is 0 Å². The van der Waals surface area contributed by atoms with Crippen LogP contribution in [0.15, 0.2) is 30.3 Å². The van der Waals surface area contributed by atoms with Crippen molar-refractivity contribution in [2.75, 3.05) is 24.2 Å². The second kappa shape index (κ2) is 6.92. The fourth-order valence-electron chi connectivity index (χ4n) is 1.89. The summed E-state index contributed by atoms with van der Waals surface area (Å²) >= 11 is 0. The summed E-state index contributed by atoms with van der Waals surface area (Å²) in [6, 6.07) is 9.35. The highest BCUT2D eigenvalue weighted by Crippen LogP contribution is 2.15. The van der Waals surface area contributed by atoms with Gasteiger partial charge in [0.2, 0.25) is 0 Å². The molecule has 0 atom stereocenters. The van der Waals surface area contributed by atoms with E-state index in [-0.39, 0.29) is 0 Å². The van der Waals surface area contributed by atoms with E-state index in [4.69, 9.17) is 10.5 Å². The van der Waals surface area contributed by atoms with Gasteiger partial charge in [0, 0.05) is 29.4 Å². The fourth-order valence-corrected chi connectivity index (χ4v) is 1.89. The Bertz CT molecular complexity index is 599. The molecule has 5 heteroatoms. The normalized spacial score (nSPS) is 10.7. The highest BCUT2D eigenvalue weighted by atomic mass is 16.5. The molecule has 0 spiro atoms. The summed E-state index contributed by atoms with van der Waals surface area (Å²) in [6.07, 6.45) is 0. The van der Waals surface area contributed by atoms with Crippen LogP contribution in [-0.2, 0) is 0 Å². The van der Waals surface area contributed by atoms with Crippen LogP contribution in [0.4, 0.5) is 11.5 Å². The molecule has 0 saturated carbocycles. The van der Waals surface area contributed by atoms with Crippen LogP contribution in [0, 0.1) is 6.92 Å². The molecular weight excluding hydrogens is 264 g/mol. The number of nitrogens with zero attached hydrogens (tertiary/aromatic N) is 2. The minimum Gasteiger partial charge on any atom is -0.492 e. The molecule has 5 nitrogen and oxygen atoms in total.